The van der Waals surface area contributed by atoms with E-state index in [2.05, 4.69) is 115 Å². The SMILES string of the molecule is C=C/C=C\[C@H](C)C(OC(N)=O)C(C)C(O[Si](C)(C)C(C)(C)C)C(C)C(=O)N(C)C[C@H](C)[C@@H](O[Si](C)(C)C(C)(C)C)[C@@H](C)/C=C\C(O)CC(=O)C(C)C(O[Si](C)(C)C(C)(C)C)C(C)C(=O)N(C)OC. The van der Waals surface area contributed by atoms with Crippen molar-refractivity contribution >= 4 is 48.6 Å². The second kappa shape index (κ2) is 26.3. The molecule has 3 N–H and O–H groups in total. The number of primary amides is 1. The number of amides is 3. The minimum Gasteiger partial charge on any atom is -0.445 e. The van der Waals surface area contributed by atoms with Crippen molar-refractivity contribution in [3.05, 3.63) is 37.0 Å². The molecule has 0 aliphatic rings. The fourth-order valence-corrected chi connectivity index (χ4v) is 12.0. The van der Waals surface area contributed by atoms with Crippen molar-refractivity contribution in [1.82, 2.24) is 9.96 Å². The molecule has 0 saturated heterocycles. The van der Waals surface area contributed by atoms with Crippen LogP contribution in [0.2, 0.25) is 54.4 Å². The van der Waals surface area contributed by atoms with Crippen LogP contribution in [-0.4, -0.2) is 122 Å². The molecule has 396 valence electrons. The van der Waals surface area contributed by atoms with E-state index in [0.29, 0.717) is 6.54 Å². The molecule has 0 aliphatic heterocycles. The third-order valence-electron chi connectivity index (χ3n) is 15.5. The molecular weight excluding hydrogens is 911 g/mol. The standard InChI is InChI=1S/C52H101N3O10Si3/c1-27-28-29-34(2)44(62-49(53)60)38(6)46(65-68(25,26)52(15,16)17)39(7)47(58)54(18)33-36(4)43(63-66(21,22)50(9,10)11)35(3)30-31-41(56)32-42(57)37(5)45(40(8)48(59)55(19)61-20)64-67(23,24)51(12,13)14/h27-31,34-41,43-46,56H,1,32-33H2,2-26H3,(H2,53,60)/b29-28-,31-30-/t34-,35-,36-,37?,38?,39?,40?,41?,43-,44?,45?,46?/m0/s1. The van der Waals surface area contributed by atoms with Crippen LogP contribution in [0.25, 0.3) is 0 Å². The number of nitrogens with two attached hydrogens (primary N) is 1. The number of aliphatic hydroxyl groups is 1. The van der Waals surface area contributed by atoms with Gasteiger partial charge in [0, 0.05) is 44.8 Å². The molecule has 8 unspecified atom stereocenters. The predicted octanol–water partition coefficient (Wildman–Crippen LogP) is 11.2. The van der Waals surface area contributed by atoms with Crippen molar-refractivity contribution in [2.75, 3.05) is 27.7 Å². The molecule has 3 amide bonds. The van der Waals surface area contributed by atoms with E-state index in [0.717, 1.165) is 5.06 Å². The van der Waals surface area contributed by atoms with E-state index >= 15 is 0 Å². The van der Waals surface area contributed by atoms with Gasteiger partial charge in [-0.2, -0.15) is 0 Å². The average Bonchev–Trinajstić information content (AvgIpc) is 3.20. The number of nitrogens with zero attached hydrogens (tertiary/aromatic N) is 2. The molecule has 0 radical (unpaired) electrons. The molecule has 0 saturated carbocycles. The van der Waals surface area contributed by atoms with Crippen LogP contribution in [0.15, 0.2) is 37.0 Å². The van der Waals surface area contributed by atoms with Gasteiger partial charge in [0.2, 0.25) is 5.91 Å². The second-order valence-corrected chi connectivity index (χ2v) is 38.6. The zero-order valence-electron chi connectivity index (χ0n) is 47.5. The highest BCUT2D eigenvalue weighted by Gasteiger charge is 2.48. The number of allylic oxidation sites excluding steroid dienone is 2. The summed E-state index contributed by atoms with van der Waals surface area (Å²) in [5, 5.41) is 12.1. The summed E-state index contributed by atoms with van der Waals surface area (Å²) < 4.78 is 26.8. The number of Topliss-reactive ketones (excluding diaryl/α,β-unsaturated/α-hetero) is 1. The van der Waals surface area contributed by atoms with Gasteiger partial charge in [-0.15, -0.1) is 0 Å². The first-order valence-electron chi connectivity index (χ1n) is 24.8. The molecule has 0 fully saturated rings. The number of hydrogen-bond donors (Lipinski definition) is 2. The predicted molar refractivity (Wildman–Crippen MR) is 286 cm³/mol. The lowest BCUT2D eigenvalue weighted by atomic mass is 9.83. The van der Waals surface area contributed by atoms with E-state index in [4.69, 9.17) is 28.6 Å². The summed E-state index contributed by atoms with van der Waals surface area (Å²) >= 11 is 0. The lowest BCUT2D eigenvalue weighted by molar-refractivity contribution is -0.177. The number of rotatable bonds is 27. The molecule has 0 aromatic heterocycles. The van der Waals surface area contributed by atoms with E-state index in [1.54, 1.807) is 51.1 Å². The van der Waals surface area contributed by atoms with Gasteiger partial charge >= 0.3 is 6.09 Å². The first-order chi connectivity index (χ1) is 30.5. The monoisotopic (exact) mass is 1010 g/mol. The zero-order valence-corrected chi connectivity index (χ0v) is 50.5. The van der Waals surface area contributed by atoms with Crippen molar-refractivity contribution in [3.63, 3.8) is 0 Å². The number of carbonyl (C=O) groups is 4. The summed E-state index contributed by atoms with van der Waals surface area (Å²) in [5.74, 6) is -3.64. The Kier molecular flexibility index (Phi) is 25.4. The summed E-state index contributed by atoms with van der Waals surface area (Å²) in [5.41, 5.74) is 5.63. The maximum absolute atomic E-state index is 14.7. The Balaban J connectivity index is 6.92. The van der Waals surface area contributed by atoms with E-state index in [1.807, 2.05) is 39.8 Å². The topological polar surface area (TPSA) is 167 Å². The van der Waals surface area contributed by atoms with Gasteiger partial charge in [0.25, 0.3) is 5.91 Å². The summed E-state index contributed by atoms with van der Waals surface area (Å²) in [6.45, 7) is 49.9. The Morgan fingerprint density at radius 2 is 1.04 bits per heavy atom. The zero-order chi connectivity index (χ0) is 53.9. The fraction of sp³-hybridized carbons (Fsp3) is 0.808. The van der Waals surface area contributed by atoms with Gasteiger partial charge in [-0.3, -0.25) is 19.2 Å². The number of carbonyl (C=O) groups excluding carboxylic acids is 4. The fourth-order valence-electron chi connectivity index (χ4n) is 7.66. The largest absolute Gasteiger partial charge is 0.445 e. The van der Waals surface area contributed by atoms with Crippen LogP contribution >= 0.6 is 0 Å². The summed E-state index contributed by atoms with van der Waals surface area (Å²) in [4.78, 5) is 61.3. The molecule has 0 aromatic carbocycles. The molecule has 12 atom stereocenters. The van der Waals surface area contributed by atoms with Crippen LogP contribution in [0.3, 0.4) is 0 Å². The number of hydroxylamine groups is 2. The molecule has 0 heterocycles. The van der Waals surface area contributed by atoms with Crippen LogP contribution in [0.1, 0.15) is 117 Å². The maximum Gasteiger partial charge on any atom is 0.404 e. The van der Waals surface area contributed by atoms with E-state index in [-0.39, 0.29) is 63.0 Å². The minimum atomic E-state index is -2.47. The third kappa shape index (κ3) is 18.9. The van der Waals surface area contributed by atoms with Crippen LogP contribution in [0.5, 0.6) is 0 Å². The minimum absolute atomic E-state index is 0.113. The molecule has 0 aliphatic carbocycles. The number of aliphatic hydroxyl groups excluding tert-OH is 1. The summed E-state index contributed by atoms with van der Waals surface area (Å²) in [6, 6.07) is 0. The maximum atomic E-state index is 14.7. The van der Waals surface area contributed by atoms with E-state index in [9.17, 15) is 24.3 Å². The molecule has 0 rings (SSSR count). The van der Waals surface area contributed by atoms with Gasteiger partial charge in [0.1, 0.15) is 11.9 Å². The Morgan fingerprint density at radius 1 is 0.632 bits per heavy atom. The molecule has 68 heavy (non-hydrogen) atoms. The number of ketones is 1. The first-order valence-corrected chi connectivity index (χ1v) is 33.5. The molecular formula is C52H101N3O10Si3. The van der Waals surface area contributed by atoms with Gasteiger partial charge in [-0.05, 0) is 66.2 Å². The molecule has 0 bridgehead atoms. The normalized spacial score (nSPS) is 18.9. The quantitative estimate of drug-likeness (QED) is 0.0350. The second-order valence-electron chi connectivity index (χ2n) is 24.3. The van der Waals surface area contributed by atoms with E-state index in [1.165, 1.54) is 7.11 Å². The molecule has 0 spiro atoms. The summed E-state index contributed by atoms with van der Waals surface area (Å²) in [7, 11) is -2.51. The van der Waals surface area contributed by atoms with Crippen molar-refractivity contribution < 1.29 is 47.1 Å². The third-order valence-corrected chi connectivity index (χ3v) is 28.9. The highest BCUT2D eigenvalue weighted by Crippen LogP contribution is 2.43. The highest BCUT2D eigenvalue weighted by atomic mass is 28.4. The molecule has 16 heteroatoms. The van der Waals surface area contributed by atoms with Crippen molar-refractivity contribution in [2.24, 2.45) is 47.2 Å². The molecule has 13 nitrogen and oxygen atoms in total. The average molecular weight is 1010 g/mol. The van der Waals surface area contributed by atoms with Crippen LogP contribution in [-0.2, 0) is 37.2 Å². The highest BCUT2D eigenvalue weighted by molar-refractivity contribution is 6.75. The van der Waals surface area contributed by atoms with Crippen molar-refractivity contribution in [1.29, 1.82) is 0 Å². The van der Waals surface area contributed by atoms with Crippen LogP contribution in [0, 0.1) is 41.4 Å². The van der Waals surface area contributed by atoms with Gasteiger partial charge in [0.05, 0.1) is 43.4 Å². The Morgan fingerprint density at radius 3 is 1.46 bits per heavy atom. The Hall–Kier alpha value is -2.45. The lowest BCUT2D eigenvalue weighted by Crippen LogP contribution is -2.54. The number of hydrogen-bond acceptors (Lipinski definition) is 10. The van der Waals surface area contributed by atoms with Gasteiger partial charge in [-0.1, -0.05) is 148 Å². The van der Waals surface area contributed by atoms with Crippen molar-refractivity contribution in [3.8, 4) is 0 Å². The molecule has 0 aromatic rings. The number of ether oxygens (including phenoxy) is 1. The Labute approximate surface area is 418 Å². The van der Waals surface area contributed by atoms with Gasteiger partial charge in [-0.25, -0.2) is 9.86 Å². The van der Waals surface area contributed by atoms with Gasteiger partial charge in [0.15, 0.2) is 25.0 Å². The smallest absolute Gasteiger partial charge is 0.404 e. The van der Waals surface area contributed by atoms with Crippen LogP contribution < -0.4 is 5.73 Å². The first kappa shape index (κ1) is 65.6. The van der Waals surface area contributed by atoms with Gasteiger partial charge < -0.3 is 33.8 Å². The lowest BCUT2D eigenvalue weighted by Gasteiger charge is -2.45. The van der Waals surface area contributed by atoms with Crippen molar-refractivity contribution in [2.45, 2.75) is 202 Å². The Bertz CT molecular complexity index is 1700. The van der Waals surface area contributed by atoms with Crippen LogP contribution in [0.4, 0.5) is 4.79 Å². The van der Waals surface area contributed by atoms with E-state index < -0.39 is 79.1 Å². The summed E-state index contributed by atoms with van der Waals surface area (Å²) in [6.07, 6.45) is 4.45.